The largest absolute Gasteiger partial charge is 0.494 e. The van der Waals surface area contributed by atoms with Gasteiger partial charge in [0.2, 0.25) is 0 Å². The number of benzene rings is 1. The average Bonchev–Trinajstić information content (AvgIpc) is 2.29. The molecular weight excluding hydrogens is 218 g/mol. The summed E-state index contributed by atoms with van der Waals surface area (Å²) in [6.07, 6.45) is 0. The van der Waals surface area contributed by atoms with E-state index in [1.807, 2.05) is 31.2 Å². The van der Waals surface area contributed by atoms with Crippen LogP contribution in [0.2, 0.25) is 0 Å². The third kappa shape index (κ3) is 5.92. The van der Waals surface area contributed by atoms with E-state index < -0.39 is 0 Å². The van der Waals surface area contributed by atoms with Gasteiger partial charge in [0.15, 0.2) is 0 Å². The Hall–Kier alpha value is -1.55. The van der Waals surface area contributed by atoms with E-state index in [0.29, 0.717) is 19.8 Å². The normalized spacial score (nSPS) is 10.0. The molecule has 1 aromatic rings. The molecule has 0 fully saturated rings. The minimum absolute atomic E-state index is 0.245. The quantitative estimate of drug-likeness (QED) is 0.579. The molecule has 0 heterocycles. The van der Waals surface area contributed by atoms with E-state index >= 15 is 0 Å². The number of esters is 1. The van der Waals surface area contributed by atoms with Crippen LogP contribution in [0.15, 0.2) is 24.3 Å². The second kappa shape index (κ2) is 7.68. The molecule has 1 aromatic carbocycles. The molecule has 4 heteroatoms. The molecule has 0 bridgehead atoms. The predicted octanol–water partition coefficient (Wildman–Crippen LogP) is 1.74. The molecule has 1 rings (SSSR count). The highest BCUT2D eigenvalue weighted by atomic mass is 16.5. The SMILES string of the molecule is CCOc1cccc(CNCCOC(C)=O)c1. The van der Waals surface area contributed by atoms with Crippen LogP contribution in [0.3, 0.4) is 0 Å². The zero-order valence-electron chi connectivity index (χ0n) is 10.4. The molecule has 0 aromatic heterocycles. The Morgan fingerprint density at radius 1 is 1.41 bits per heavy atom. The van der Waals surface area contributed by atoms with Crippen LogP contribution < -0.4 is 10.1 Å². The molecule has 4 nitrogen and oxygen atoms in total. The maximum Gasteiger partial charge on any atom is 0.302 e. The van der Waals surface area contributed by atoms with Crippen molar-refractivity contribution in [2.24, 2.45) is 0 Å². The molecular formula is C13H19NO3. The van der Waals surface area contributed by atoms with E-state index in [-0.39, 0.29) is 5.97 Å². The summed E-state index contributed by atoms with van der Waals surface area (Å²) in [5.41, 5.74) is 1.15. The number of carbonyl (C=O) groups excluding carboxylic acids is 1. The molecule has 0 saturated carbocycles. The number of hydrogen-bond acceptors (Lipinski definition) is 4. The van der Waals surface area contributed by atoms with Crippen LogP contribution in [0.1, 0.15) is 19.4 Å². The lowest BCUT2D eigenvalue weighted by Crippen LogP contribution is -2.20. The molecule has 94 valence electrons. The minimum Gasteiger partial charge on any atom is -0.494 e. The van der Waals surface area contributed by atoms with Gasteiger partial charge in [-0.1, -0.05) is 12.1 Å². The third-order valence-corrected chi connectivity index (χ3v) is 2.12. The highest BCUT2D eigenvalue weighted by molar-refractivity contribution is 5.65. The van der Waals surface area contributed by atoms with Crippen LogP contribution in [-0.2, 0) is 16.1 Å². The highest BCUT2D eigenvalue weighted by Gasteiger charge is 1.97. The maximum atomic E-state index is 10.5. The Morgan fingerprint density at radius 3 is 2.94 bits per heavy atom. The number of nitrogens with one attached hydrogen (secondary N) is 1. The predicted molar refractivity (Wildman–Crippen MR) is 66.0 cm³/mol. The Labute approximate surface area is 102 Å². The molecule has 0 atom stereocenters. The standard InChI is InChI=1S/C13H19NO3/c1-3-16-13-6-4-5-12(9-13)10-14-7-8-17-11(2)15/h4-6,9,14H,3,7-8,10H2,1-2H3. The van der Waals surface area contributed by atoms with Crippen LogP contribution >= 0.6 is 0 Å². The summed E-state index contributed by atoms with van der Waals surface area (Å²) in [6, 6.07) is 7.93. The van der Waals surface area contributed by atoms with Crippen molar-refractivity contribution in [3.63, 3.8) is 0 Å². The molecule has 0 aliphatic carbocycles. The Balaban J connectivity index is 2.26. The molecule has 0 unspecified atom stereocenters. The van der Waals surface area contributed by atoms with Gasteiger partial charge in [-0.3, -0.25) is 4.79 Å². The van der Waals surface area contributed by atoms with Crippen molar-refractivity contribution in [2.75, 3.05) is 19.8 Å². The van der Waals surface area contributed by atoms with Gasteiger partial charge in [0.05, 0.1) is 6.61 Å². The van der Waals surface area contributed by atoms with E-state index in [1.165, 1.54) is 6.92 Å². The van der Waals surface area contributed by atoms with Gasteiger partial charge >= 0.3 is 5.97 Å². The highest BCUT2D eigenvalue weighted by Crippen LogP contribution is 2.12. The van der Waals surface area contributed by atoms with Crippen LogP contribution in [-0.4, -0.2) is 25.7 Å². The molecule has 0 spiro atoms. The van der Waals surface area contributed by atoms with Gasteiger partial charge in [0.1, 0.15) is 12.4 Å². The lowest BCUT2D eigenvalue weighted by Gasteiger charge is -2.07. The van der Waals surface area contributed by atoms with Crippen molar-refractivity contribution in [1.29, 1.82) is 0 Å². The first-order chi connectivity index (χ1) is 8.22. The lowest BCUT2D eigenvalue weighted by molar-refractivity contribution is -0.140. The Bertz CT molecular complexity index is 352. The molecule has 0 saturated heterocycles. The van der Waals surface area contributed by atoms with Gasteiger partial charge < -0.3 is 14.8 Å². The molecule has 0 amide bonds. The second-order valence-corrected chi connectivity index (χ2v) is 3.60. The summed E-state index contributed by atoms with van der Waals surface area (Å²) in [4.78, 5) is 10.5. The molecule has 0 aliphatic heterocycles. The van der Waals surface area contributed by atoms with Gasteiger partial charge in [0, 0.05) is 20.0 Å². The van der Waals surface area contributed by atoms with Crippen molar-refractivity contribution in [3.8, 4) is 5.75 Å². The van der Waals surface area contributed by atoms with Gasteiger partial charge in [-0.15, -0.1) is 0 Å². The fraction of sp³-hybridized carbons (Fsp3) is 0.462. The monoisotopic (exact) mass is 237 g/mol. The van der Waals surface area contributed by atoms with Crippen LogP contribution in [0.4, 0.5) is 0 Å². The molecule has 0 aliphatic rings. The van der Waals surface area contributed by atoms with Crippen LogP contribution in [0, 0.1) is 0 Å². The van der Waals surface area contributed by atoms with Gasteiger partial charge in [-0.05, 0) is 24.6 Å². The third-order valence-electron chi connectivity index (χ3n) is 2.12. The topological polar surface area (TPSA) is 47.6 Å². The fourth-order valence-corrected chi connectivity index (χ4v) is 1.41. The second-order valence-electron chi connectivity index (χ2n) is 3.60. The molecule has 17 heavy (non-hydrogen) atoms. The summed E-state index contributed by atoms with van der Waals surface area (Å²) < 4.78 is 10.2. The molecule has 1 N–H and O–H groups in total. The minimum atomic E-state index is -0.245. The Kier molecular flexibility index (Phi) is 6.10. The van der Waals surface area contributed by atoms with Crippen molar-refractivity contribution in [3.05, 3.63) is 29.8 Å². The fourth-order valence-electron chi connectivity index (χ4n) is 1.41. The van der Waals surface area contributed by atoms with E-state index in [2.05, 4.69) is 5.32 Å². The van der Waals surface area contributed by atoms with Gasteiger partial charge in [-0.2, -0.15) is 0 Å². The summed E-state index contributed by atoms with van der Waals surface area (Å²) >= 11 is 0. The summed E-state index contributed by atoms with van der Waals surface area (Å²) in [7, 11) is 0. The van der Waals surface area contributed by atoms with E-state index in [4.69, 9.17) is 9.47 Å². The van der Waals surface area contributed by atoms with Crippen molar-refractivity contribution >= 4 is 5.97 Å². The summed E-state index contributed by atoms with van der Waals surface area (Å²) in [5.74, 6) is 0.636. The van der Waals surface area contributed by atoms with Gasteiger partial charge in [-0.25, -0.2) is 0 Å². The molecule has 0 radical (unpaired) electrons. The zero-order chi connectivity index (χ0) is 12.5. The van der Waals surface area contributed by atoms with Crippen molar-refractivity contribution in [1.82, 2.24) is 5.32 Å². The number of ether oxygens (including phenoxy) is 2. The first-order valence-electron chi connectivity index (χ1n) is 5.78. The average molecular weight is 237 g/mol. The Morgan fingerprint density at radius 2 is 2.24 bits per heavy atom. The van der Waals surface area contributed by atoms with Gasteiger partial charge in [0.25, 0.3) is 0 Å². The summed E-state index contributed by atoms with van der Waals surface area (Å²) in [6.45, 7) is 5.83. The zero-order valence-corrected chi connectivity index (χ0v) is 10.4. The number of hydrogen-bond donors (Lipinski definition) is 1. The first kappa shape index (κ1) is 13.5. The van der Waals surface area contributed by atoms with Crippen molar-refractivity contribution < 1.29 is 14.3 Å². The van der Waals surface area contributed by atoms with Crippen molar-refractivity contribution in [2.45, 2.75) is 20.4 Å². The first-order valence-corrected chi connectivity index (χ1v) is 5.78. The maximum absolute atomic E-state index is 10.5. The van der Waals surface area contributed by atoms with E-state index in [1.54, 1.807) is 0 Å². The summed E-state index contributed by atoms with van der Waals surface area (Å²) in [5, 5.41) is 3.19. The number of carbonyl (C=O) groups is 1. The van der Waals surface area contributed by atoms with Crippen LogP contribution in [0.25, 0.3) is 0 Å². The lowest BCUT2D eigenvalue weighted by atomic mass is 10.2. The van der Waals surface area contributed by atoms with E-state index in [9.17, 15) is 4.79 Å². The van der Waals surface area contributed by atoms with Crippen LogP contribution in [0.5, 0.6) is 5.75 Å². The number of rotatable bonds is 7. The van der Waals surface area contributed by atoms with E-state index in [0.717, 1.165) is 17.9 Å². The smallest absolute Gasteiger partial charge is 0.302 e.